The van der Waals surface area contributed by atoms with Crippen molar-refractivity contribution < 1.29 is 9.53 Å². The van der Waals surface area contributed by atoms with Crippen molar-refractivity contribution in [2.45, 2.75) is 53.3 Å². The molecule has 3 rings (SSSR count). The molecule has 1 aromatic carbocycles. The third kappa shape index (κ3) is 5.99. The molecule has 0 bridgehead atoms. The topological polar surface area (TPSA) is 89.0 Å². The van der Waals surface area contributed by atoms with Crippen molar-refractivity contribution in [3.63, 3.8) is 0 Å². The van der Waals surface area contributed by atoms with Gasteiger partial charge in [-0.15, -0.1) is 0 Å². The van der Waals surface area contributed by atoms with E-state index < -0.39 is 5.60 Å². The lowest BCUT2D eigenvalue weighted by Crippen LogP contribution is -2.53. The van der Waals surface area contributed by atoms with Crippen LogP contribution >= 0.6 is 0 Å². The molecular weight excluding hydrogens is 392 g/mol. The molecule has 8 nitrogen and oxygen atoms in total. The fraction of sp³-hybridized carbons (Fsp3) is 0.522. The van der Waals surface area contributed by atoms with Gasteiger partial charge >= 0.3 is 6.09 Å². The van der Waals surface area contributed by atoms with Crippen molar-refractivity contribution in [2.24, 2.45) is 10.7 Å². The Morgan fingerprint density at radius 3 is 2.32 bits per heavy atom. The predicted molar refractivity (Wildman–Crippen MR) is 122 cm³/mol. The Morgan fingerprint density at radius 2 is 1.71 bits per heavy atom. The zero-order valence-electron chi connectivity index (χ0n) is 19.3. The molecule has 8 heteroatoms. The lowest BCUT2D eigenvalue weighted by Gasteiger charge is -2.36. The number of guanidine groups is 1. The number of ether oxygens (including phenoxy) is 1. The molecule has 0 atom stereocenters. The van der Waals surface area contributed by atoms with Crippen LogP contribution in [0.15, 0.2) is 35.3 Å². The molecule has 2 N–H and O–H groups in total. The molecule has 2 heterocycles. The monoisotopic (exact) mass is 426 g/mol. The van der Waals surface area contributed by atoms with Crippen molar-refractivity contribution >= 4 is 12.1 Å². The van der Waals surface area contributed by atoms with Crippen molar-refractivity contribution in [1.29, 1.82) is 0 Å². The molecule has 31 heavy (non-hydrogen) atoms. The van der Waals surface area contributed by atoms with E-state index in [0.29, 0.717) is 38.7 Å². The number of aliphatic imine (C=N–C) groups is 1. The summed E-state index contributed by atoms with van der Waals surface area (Å²) in [5.41, 5.74) is 10.2. The van der Waals surface area contributed by atoms with Gasteiger partial charge in [-0.3, -0.25) is 4.68 Å². The quantitative estimate of drug-likeness (QED) is 0.600. The summed E-state index contributed by atoms with van der Waals surface area (Å²) >= 11 is 0. The van der Waals surface area contributed by atoms with E-state index in [1.165, 1.54) is 5.56 Å². The van der Waals surface area contributed by atoms with E-state index in [9.17, 15) is 4.79 Å². The zero-order valence-corrected chi connectivity index (χ0v) is 19.3. The van der Waals surface area contributed by atoms with Crippen LogP contribution in [0, 0.1) is 13.8 Å². The van der Waals surface area contributed by atoms with Crippen LogP contribution in [-0.4, -0.2) is 63.4 Å². The lowest BCUT2D eigenvalue weighted by molar-refractivity contribution is 0.0186. The molecule has 1 saturated heterocycles. The number of benzene rings is 1. The van der Waals surface area contributed by atoms with Crippen LogP contribution in [0.5, 0.6) is 0 Å². The number of rotatable bonds is 4. The molecule has 0 unspecified atom stereocenters. The highest BCUT2D eigenvalue weighted by molar-refractivity contribution is 5.78. The Bertz CT molecular complexity index is 922. The molecule has 0 saturated carbocycles. The fourth-order valence-electron chi connectivity index (χ4n) is 3.58. The summed E-state index contributed by atoms with van der Waals surface area (Å²) < 4.78 is 7.47. The van der Waals surface area contributed by atoms with Gasteiger partial charge in [0.2, 0.25) is 0 Å². The molecule has 168 valence electrons. The molecule has 1 aromatic heterocycles. The second-order valence-electron chi connectivity index (χ2n) is 8.92. The normalized spacial score (nSPS) is 15.3. The van der Waals surface area contributed by atoms with Gasteiger partial charge in [0.15, 0.2) is 5.96 Å². The number of amides is 1. The smallest absolute Gasteiger partial charge is 0.410 e. The van der Waals surface area contributed by atoms with Gasteiger partial charge < -0.3 is 20.3 Å². The molecule has 0 spiro atoms. The minimum Gasteiger partial charge on any atom is -0.444 e. The van der Waals surface area contributed by atoms with Crippen molar-refractivity contribution in [1.82, 2.24) is 19.6 Å². The molecule has 1 fully saturated rings. The van der Waals surface area contributed by atoms with Gasteiger partial charge in [-0.05, 0) is 40.2 Å². The summed E-state index contributed by atoms with van der Waals surface area (Å²) in [6, 6.07) is 10.3. The van der Waals surface area contributed by atoms with E-state index in [0.717, 1.165) is 23.5 Å². The average Bonchev–Trinajstić information content (AvgIpc) is 2.98. The maximum atomic E-state index is 12.2. The highest BCUT2D eigenvalue weighted by Gasteiger charge is 2.26. The summed E-state index contributed by atoms with van der Waals surface area (Å²) in [5, 5.41) is 4.69. The van der Waals surface area contributed by atoms with Crippen molar-refractivity contribution in [3.8, 4) is 0 Å². The third-order valence-corrected chi connectivity index (χ3v) is 5.36. The van der Waals surface area contributed by atoms with Gasteiger partial charge in [-0.2, -0.15) is 5.10 Å². The van der Waals surface area contributed by atoms with Crippen LogP contribution < -0.4 is 5.73 Å². The lowest BCUT2D eigenvalue weighted by atomic mass is 10.2. The van der Waals surface area contributed by atoms with E-state index in [2.05, 4.69) is 29.1 Å². The highest BCUT2D eigenvalue weighted by Crippen LogP contribution is 2.17. The minimum atomic E-state index is -0.491. The molecule has 0 aliphatic carbocycles. The van der Waals surface area contributed by atoms with Crippen LogP contribution in [0.4, 0.5) is 4.79 Å². The largest absolute Gasteiger partial charge is 0.444 e. The van der Waals surface area contributed by atoms with Crippen molar-refractivity contribution in [3.05, 3.63) is 52.8 Å². The molecule has 2 aromatic rings. The van der Waals surface area contributed by atoms with Gasteiger partial charge in [-0.1, -0.05) is 30.3 Å². The molecule has 1 aliphatic rings. The van der Waals surface area contributed by atoms with E-state index in [1.807, 2.05) is 55.5 Å². The van der Waals surface area contributed by atoms with Crippen LogP contribution in [0.1, 0.15) is 43.3 Å². The minimum absolute atomic E-state index is 0.278. The fourth-order valence-corrected chi connectivity index (χ4v) is 3.58. The first-order chi connectivity index (χ1) is 14.6. The number of hydrogen-bond donors (Lipinski definition) is 1. The Kier molecular flexibility index (Phi) is 6.87. The summed E-state index contributed by atoms with van der Waals surface area (Å²) in [5.74, 6) is 0.499. The van der Waals surface area contributed by atoms with Crippen LogP contribution in [0.25, 0.3) is 0 Å². The standard InChI is InChI=1S/C23H34N6O2/c1-17-20(18(2)29(26-17)16-19-9-7-6-8-10-19)15-25-21(24)27-11-13-28(14-12-27)22(30)31-23(3,4)5/h6-10H,11-16H2,1-5H3,(H2,24,25). The number of hydrogen-bond acceptors (Lipinski definition) is 4. The second-order valence-corrected chi connectivity index (χ2v) is 8.92. The van der Waals surface area contributed by atoms with Gasteiger partial charge in [0.05, 0.1) is 18.8 Å². The number of carbonyl (C=O) groups excluding carboxylic acids is 1. The molecule has 1 amide bonds. The Hall–Kier alpha value is -3.03. The number of carbonyl (C=O) groups is 1. The maximum absolute atomic E-state index is 12.2. The van der Waals surface area contributed by atoms with Gasteiger partial charge in [0, 0.05) is 37.4 Å². The maximum Gasteiger partial charge on any atom is 0.410 e. The van der Waals surface area contributed by atoms with Gasteiger partial charge in [0.1, 0.15) is 5.60 Å². The van der Waals surface area contributed by atoms with Crippen molar-refractivity contribution in [2.75, 3.05) is 26.2 Å². The van der Waals surface area contributed by atoms with E-state index in [-0.39, 0.29) is 6.09 Å². The first-order valence-corrected chi connectivity index (χ1v) is 10.7. The average molecular weight is 427 g/mol. The van der Waals surface area contributed by atoms with Crippen LogP contribution in [0.2, 0.25) is 0 Å². The molecular formula is C23H34N6O2. The SMILES string of the molecule is Cc1nn(Cc2ccccc2)c(C)c1CN=C(N)N1CCN(C(=O)OC(C)(C)C)CC1. The van der Waals surface area contributed by atoms with E-state index >= 15 is 0 Å². The number of nitrogens with two attached hydrogens (primary N) is 1. The van der Waals surface area contributed by atoms with Gasteiger partial charge in [-0.25, -0.2) is 9.79 Å². The summed E-state index contributed by atoms with van der Waals surface area (Å²) in [6.45, 7) is 13.3. The Morgan fingerprint density at radius 1 is 1.10 bits per heavy atom. The summed E-state index contributed by atoms with van der Waals surface area (Å²) in [6.07, 6.45) is -0.278. The summed E-state index contributed by atoms with van der Waals surface area (Å²) in [7, 11) is 0. The molecule has 1 aliphatic heterocycles. The predicted octanol–water partition coefficient (Wildman–Crippen LogP) is 2.92. The number of aromatic nitrogens is 2. The van der Waals surface area contributed by atoms with E-state index in [4.69, 9.17) is 10.5 Å². The second kappa shape index (κ2) is 9.41. The number of aryl methyl sites for hydroxylation is 1. The first-order valence-electron chi connectivity index (χ1n) is 10.7. The van der Waals surface area contributed by atoms with Crippen LogP contribution in [-0.2, 0) is 17.8 Å². The third-order valence-electron chi connectivity index (χ3n) is 5.36. The molecule has 0 radical (unpaired) electrons. The first kappa shape index (κ1) is 22.7. The zero-order chi connectivity index (χ0) is 22.6. The Balaban J connectivity index is 1.58. The van der Waals surface area contributed by atoms with Crippen LogP contribution in [0.3, 0.4) is 0 Å². The number of piperazine rings is 1. The highest BCUT2D eigenvalue weighted by atomic mass is 16.6. The number of nitrogens with zero attached hydrogens (tertiary/aromatic N) is 5. The van der Waals surface area contributed by atoms with E-state index in [1.54, 1.807) is 4.90 Å². The van der Waals surface area contributed by atoms with Gasteiger partial charge in [0.25, 0.3) is 0 Å². The summed E-state index contributed by atoms with van der Waals surface area (Å²) in [4.78, 5) is 20.6. The Labute approximate surface area is 184 Å².